The van der Waals surface area contributed by atoms with Gasteiger partial charge in [0.05, 0.1) is 22.1 Å². The number of nitrogens with one attached hydrogen (secondary N) is 2. The second-order valence-electron chi connectivity index (χ2n) is 17.2. The minimum Gasteiger partial charge on any atom is -0.458 e. The van der Waals surface area contributed by atoms with E-state index in [0.29, 0.717) is 37.2 Å². The lowest BCUT2D eigenvalue weighted by Gasteiger charge is -2.20. The van der Waals surface area contributed by atoms with E-state index in [1.807, 2.05) is 48.5 Å². The lowest BCUT2D eigenvalue weighted by atomic mass is 9.97. The predicted molar refractivity (Wildman–Crippen MR) is 262 cm³/mol. The maximum absolute atomic E-state index is 13.5. The molecular formula is C55H64N6O4. The zero-order valence-corrected chi connectivity index (χ0v) is 38.8. The summed E-state index contributed by atoms with van der Waals surface area (Å²) in [5.74, 6) is 1.48. The number of amides is 2. The number of fused-ring (bicyclic) bond motifs is 2. The summed E-state index contributed by atoms with van der Waals surface area (Å²) in [5, 5.41) is 6.22. The van der Waals surface area contributed by atoms with Crippen LogP contribution in [0.15, 0.2) is 109 Å². The van der Waals surface area contributed by atoms with Crippen molar-refractivity contribution < 1.29 is 19.1 Å². The third-order valence-corrected chi connectivity index (χ3v) is 12.3. The highest BCUT2D eigenvalue weighted by Crippen LogP contribution is 2.32. The van der Waals surface area contributed by atoms with Crippen LogP contribution in [0.5, 0.6) is 0 Å². The Hall–Kier alpha value is -6.55. The van der Waals surface area contributed by atoms with Crippen LogP contribution in [-0.2, 0) is 29.5 Å². The summed E-state index contributed by atoms with van der Waals surface area (Å²) in [4.78, 5) is 48.5. The molecule has 0 fully saturated rings. The fourth-order valence-corrected chi connectivity index (χ4v) is 8.87. The van der Waals surface area contributed by atoms with E-state index in [9.17, 15) is 14.4 Å². The van der Waals surface area contributed by atoms with Crippen molar-refractivity contribution in [2.24, 2.45) is 7.05 Å². The van der Waals surface area contributed by atoms with E-state index in [1.54, 1.807) is 6.07 Å². The number of hydrogen-bond acceptors (Lipinski definition) is 6. The van der Waals surface area contributed by atoms with Gasteiger partial charge in [-0.25, -0.2) is 9.97 Å². The van der Waals surface area contributed by atoms with Crippen LogP contribution in [-0.4, -0.2) is 50.0 Å². The SMILES string of the molecule is CCCCC(OC(C)=O)c1ccccc1C(=O)NCCCCCCCCNC(=O)c1ccccc1-c1ccc(Cn2c(CCC)nc3c(C)cc(-c4nc5ccccc5n4C)cc32)cc1. The first kappa shape index (κ1) is 46.4. The molecule has 0 saturated carbocycles. The molecule has 0 aliphatic heterocycles. The third kappa shape index (κ3) is 11.4. The molecule has 0 bridgehead atoms. The Bertz CT molecular complexity index is 2730. The second kappa shape index (κ2) is 22.4. The fourth-order valence-electron chi connectivity index (χ4n) is 8.87. The molecule has 7 aromatic rings. The Morgan fingerprint density at radius 3 is 2.02 bits per heavy atom. The van der Waals surface area contributed by atoms with Crippen molar-refractivity contribution in [3.63, 3.8) is 0 Å². The molecular weight excluding hydrogens is 809 g/mol. The molecule has 7 rings (SSSR count). The third-order valence-electron chi connectivity index (χ3n) is 12.3. The first-order valence-corrected chi connectivity index (χ1v) is 23.6. The molecule has 65 heavy (non-hydrogen) atoms. The average molecular weight is 873 g/mol. The number of aromatic nitrogens is 4. The zero-order valence-electron chi connectivity index (χ0n) is 38.8. The maximum atomic E-state index is 13.5. The van der Waals surface area contributed by atoms with E-state index < -0.39 is 6.10 Å². The van der Waals surface area contributed by atoms with Crippen molar-refractivity contribution in [3.8, 4) is 22.5 Å². The molecule has 0 radical (unpaired) electrons. The topological polar surface area (TPSA) is 120 Å². The van der Waals surface area contributed by atoms with E-state index >= 15 is 0 Å². The van der Waals surface area contributed by atoms with Crippen LogP contribution in [0.25, 0.3) is 44.6 Å². The van der Waals surface area contributed by atoms with E-state index in [2.05, 4.69) is 102 Å². The molecule has 2 N–H and O–H groups in total. The largest absolute Gasteiger partial charge is 0.458 e. The average Bonchev–Trinajstić information content (AvgIpc) is 3.84. The number of ether oxygens (including phenoxy) is 1. The first-order chi connectivity index (χ1) is 31.7. The Labute approximate surface area is 383 Å². The summed E-state index contributed by atoms with van der Waals surface area (Å²) in [6.45, 7) is 9.73. The van der Waals surface area contributed by atoms with Gasteiger partial charge in [-0.15, -0.1) is 0 Å². The highest BCUT2D eigenvalue weighted by molar-refractivity contribution is 6.01. The molecule has 5 aromatic carbocycles. The minimum absolute atomic E-state index is 0.0626. The van der Waals surface area contributed by atoms with Crippen molar-refractivity contribution >= 4 is 39.9 Å². The van der Waals surface area contributed by atoms with Crippen LogP contribution in [0.2, 0.25) is 0 Å². The van der Waals surface area contributed by atoms with E-state index in [0.717, 1.165) is 131 Å². The molecule has 1 unspecified atom stereocenters. The van der Waals surface area contributed by atoms with Crippen molar-refractivity contribution in [2.75, 3.05) is 13.1 Å². The highest BCUT2D eigenvalue weighted by Gasteiger charge is 2.22. The summed E-state index contributed by atoms with van der Waals surface area (Å²) < 4.78 is 10.1. The minimum atomic E-state index is -0.423. The van der Waals surface area contributed by atoms with Gasteiger partial charge in [0.1, 0.15) is 17.8 Å². The van der Waals surface area contributed by atoms with E-state index in [1.165, 1.54) is 6.92 Å². The summed E-state index contributed by atoms with van der Waals surface area (Å²) in [6, 6.07) is 36.5. The van der Waals surface area contributed by atoms with Gasteiger partial charge < -0.3 is 24.5 Å². The van der Waals surface area contributed by atoms with Gasteiger partial charge in [0, 0.05) is 62.3 Å². The summed E-state index contributed by atoms with van der Waals surface area (Å²) in [7, 11) is 2.08. The van der Waals surface area contributed by atoms with Gasteiger partial charge in [-0.2, -0.15) is 0 Å². The maximum Gasteiger partial charge on any atom is 0.303 e. The number of imidazole rings is 2. The van der Waals surface area contributed by atoms with Gasteiger partial charge in [-0.1, -0.05) is 119 Å². The first-order valence-electron chi connectivity index (χ1n) is 23.6. The Kier molecular flexibility index (Phi) is 16.0. The van der Waals surface area contributed by atoms with Gasteiger partial charge in [-0.3, -0.25) is 14.4 Å². The lowest BCUT2D eigenvalue weighted by Crippen LogP contribution is -2.26. The Morgan fingerprint density at radius 1 is 0.677 bits per heavy atom. The monoisotopic (exact) mass is 872 g/mol. The van der Waals surface area contributed by atoms with Gasteiger partial charge in [0.15, 0.2) is 0 Å². The molecule has 0 spiro atoms. The Balaban J connectivity index is 0.892. The van der Waals surface area contributed by atoms with E-state index in [4.69, 9.17) is 14.7 Å². The zero-order chi connectivity index (χ0) is 45.7. The number of esters is 1. The van der Waals surface area contributed by atoms with Crippen molar-refractivity contribution in [3.05, 3.63) is 143 Å². The molecule has 2 aromatic heterocycles. The number of unbranched alkanes of at least 4 members (excludes halogenated alkanes) is 6. The number of benzene rings is 5. The van der Waals surface area contributed by atoms with Gasteiger partial charge in [0.25, 0.3) is 11.8 Å². The van der Waals surface area contributed by atoms with Crippen molar-refractivity contribution in [1.82, 2.24) is 29.7 Å². The number of carbonyl (C=O) groups excluding carboxylic acids is 3. The molecule has 0 saturated heterocycles. The van der Waals surface area contributed by atoms with Crippen LogP contribution in [0, 0.1) is 6.92 Å². The number of rotatable bonds is 22. The van der Waals surface area contributed by atoms with Crippen LogP contribution < -0.4 is 10.6 Å². The lowest BCUT2D eigenvalue weighted by molar-refractivity contribution is -0.147. The molecule has 338 valence electrons. The van der Waals surface area contributed by atoms with Crippen molar-refractivity contribution in [1.29, 1.82) is 0 Å². The highest BCUT2D eigenvalue weighted by atomic mass is 16.5. The Morgan fingerprint density at radius 2 is 1.32 bits per heavy atom. The van der Waals surface area contributed by atoms with Crippen LogP contribution in [0.3, 0.4) is 0 Å². The standard InChI is InChI=1S/C55H64N6O4/c1-6-8-28-50(65-39(4)62)44-23-14-16-25-46(44)55(64)57-34-20-12-10-9-11-19-33-56-54(63)45-24-15-13-22-43(45)41-31-29-40(30-32-41)37-61-49-36-42(35-38(3)52(49)59-51(61)21-7-2)53-58-47-26-17-18-27-48(47)60(53)5/h13-18,22-27,29-32,35-36,50H,6-12,19-21,28,33-34,37H2,1-5H3,(H,56,63)(H,57,64). The molecule has 10 nitrogen and oxygen atoms in total. The molecule has 2 heterocycles. The second-order valence-corrected chi connectivity index (χ2v) is 17.2. The summed E-state index contributed by atoms with van der Waals surface area (Å²) in [6.07, 6.45) is 9.98. The number of hydrogen-bond donors (Lipinski definition) is 2. The molecule has 0 aliphatic rings. The number of carbonyl (C=O) groups is 3. The molecule has 0 aliphatic carbocycles. The molecule has 10 heteroatoms. The fraction of sp³-hybridized carbons (Fsp3) is 0.364. The quantitative estimate of drug-likeness (QED) is 0.0517. The summed E-state index contributed by atoms with van der Waals surface area (Å²) >= 11 is 0. The van der Waals surface area contributed by atoms with Gasteiger partial charge in [-0.05, 0) is 97.7 Å². The van der Waals surface area contributed by atoms with Gasteiger partial charge >= 0.3 is 5.97 Å². The van der Waals surface area contributed by atoms with Crippen LogP contribution >= 0.6 is 0 Å². The van der Waals surface area contributed by atoms with Crippen LogP contribution in [0.4, 0.5) is 0 Å². The molecule has 1 atom stereocenters. The predicted octanol–water partition coefficient (Wildman–Crippen LogP) is 11.9. The molecule has 2 amide bonds. The number of para-hydroxylation sites is 2. The van der Waals surface area contributed by atoms with Crippen molar-refractivity contribution in [2.45, 2.75) is 111 Å². The van der Waals surface area contributed by atoms with Gasteiger partial charge in [0.2, 0.25) is 0 Å². The normalized spacial score (nSPS) is 11.8. The van der Waals surface area contributed by atoms with E-state index in [-0.39, 0.29) is 17.8 Å². The summed E-state index contributed by atoms with van der Waals surface area (Å²) in [5.41, 5.74) is 11.5. The van der Waals surface area contributed by atoms with Crippen LogP contribution in [0.1, 0.15) is 134 Å². The smallest absolute Gasteiger partial charge is 0.303 e. The number of nitrogens with zero attached hydrogens (tertiary/aromatic N) is 4. The number of aryl methyl sites for hydroxylation is 3.